The van der Waals surface area contributed by atoms with Crippen molar-refractivity contribution in [2.75, 3.05) is 13.7 Å². The van der Waals surface area contributed by atoms with Crippen LogP contribution in [0.5, 0.6) is 0 Å². The molecule has 16 heavy (non-hydrogen) atoms. The van der Waals surface area contributed by atoms with E-state index in [1.54, 1.807) is 0 Å². The summed E-state index contributed by atoms with van der Waals surface area (Å²) in [6, 6.07) is 0. The molecule has 2 heteroatoms. The standard InChI is InChI=1S/C14H29NO/c1-11(7-8-16)12-9-13(2,3)15(6)14(4,5)10-12/h11-12,16H,7-10H2,1-6H3. The Morgan fingerprint density at radius 3 is 2.00 bits per heavy atom. The van der Waals surface area contributed by atoms with Gasteiger partial charge < -0.3 is 5.11 Å². The summed E-state index contributed by atoms with van der Waals surface area (Å²) in [4.78, 5) is 2.52. The molecular formula is C14H29NO. The van der Waals surface area contributed by atoms with Crippen molar-refractivity contribution in [3.8, 4) is 0 Å². The molecule has 1 fully saturated rings. The largest absolute Gasteiger partial charge is 0.396 e. The van der Waals surface area contributed by atoms with E-state index in [1.165, 1.54) is 12.8 Å². The van der Waals surface area contributed by atoms with Crippen LogP contribution < -0.4 is 0 Å². The minimum atomic E-state index is 0.274. The van der Waals surface area contributed by atoms with Crippen molar-refractivity contribution in [2.45, 2.75) is 65.0 Å². The van der Waals surface area contributed by atoms with E-state index in [-0.39, 0.29) is 11.1 Å². The highest BCUT2D eigenvalue weighted by Gasteiger charge is 2.43. The van der Waals surface area contributed by atoms with Gasteiger partial charge in [-0.2, -0.15) is 0 Å². The van der Waals surface area contributed by atoms with Crippen molar-refractivity contribution in [2.24, 2.45) is 11.8 Å². The van der Waals surface area contributed by atoms with Gasteiger partial charge in [-0.3, -0.25) is 4.90 Å². The predicted octanol–water partition coefficient (Wildman–Crippen LogP) is 2.90. The second-order valence-electron chi connectivity index (χ2n) is 6.84. The van der Waals surface area contributed by atoms with E-state index < -0.39 is 0 Å². The van der Waals surface area contributed by atoms with Crippen LogP contribution in [0.4, 0.5) is 0 Å². The normalized spacial score (nSPS) is 27.9. The number of aliphatic hydroxyl groups excluding tert-OH is 1. The van der Waals surface area contributed by atoms with Gasteiger partial charge in [0.15, 0.2) is 0 Å². The molecule has 96 valence electrons. The molecule has 1 aliphatic heterocycles. The minimum absolute atomic E-state index is 0.274. The van der Waals surface area contributed by atoms with Crippen molar-refractivity contribution >= 4 is 0 Å². The fraction of sp³-hybridized carbons (Fsp3) is 1.00. The number of hydrogen-bond donors (Lipinski definition) is 1. The average molecular weight is 227 g/mol. The molecule has 1 rings (SSSR count). The quantitative estimate of drug-likeness (QED) is 0.801. The Balaban J connectivity index is 2.78. The molecule has 1 saturated heterocycles. The zero-order valence-electron chi connectivity index (χ0n) is 11.9. The van der Waals surface area contributed by atoms with Crippen LogP contribution in [-0.4, -0.2) is 34.7 Å². The second-order valence-corrected chi connectivity index (χ2v) is 6.84. The van der Waals surface area contributed by atoms with Crippen LogP contribution in [0.15, 0.2) is 0 Å². The molecule has 0 amide bonds. The van der Waals surface area contributed by atoms with Crippen LogP contribution in [0, 0.1) is 11.8 Å². The molecule has 1 aliphatic rings. The summed E-state index contributed by atoms with van der Waals surface area (Å²) >= 11 is 0. The van der Waals surface area contributed by atoms with Gasteiger partial charge in [-0.25, -0.2) is 0 Å². The van der Waals surface area contributed by atoms with E-state index in [9.17, 15) is 0 Å². The molecule has 0 aliphatic carbocycles. The Morgan fingerprint density at radius 1 is 1.19 bits per heavy atom. The molecular weight excluding hydrogens is 198 g/mol. The van der Waals surface area contributed by atoms with Crippen molar-refractivity contribution < 1.29 is 5.11 Å². The van der Waals surface area contributed by atoms with Crippen LogP contribution >= 0.6 is 0 Å². The summed E-state index contributed by atoms with van der Waals surface area (Å²) in [6.07, 6.45) is 3.43. The predicted molar refractivity (Wildman–Crippen MR) is 69.5 cm³/mol. The van der Waals surface area contributed by atoms with E-state index in [0.717, 1.165) is 12.3 Å². The second kappa shape index (κ2) is 4.66. The van der Waals surface area contributed by atoms with Crippen LogP contribution in [0.1, 0.15) is 53.9 Å². The van der Waals surface area contributed by atoms with Gasteiger partial charge in [-0.05, 0) is 65.8 Å². The number of piperidine rings is 1. The summed E-state index contributed by atoms with van der Waals surface area (Å²) in [6.45, 7) is 12.0. The molecule has 0 aromatic heterocycles. The number of rotatable bonds is 3. The summed E-state index contributed by atoms with van der Waals surface area (Å²) in [5, 5.41) is 9.07. The van der Waals surface area contributed by atoms with E-state index in [4.69, 9.17) is 5.11 Å². The van der Waals surface area contributed by atoms with Gasteiger partial charge in [0, 0.05) is 17.7 Å². The summed E-state index contributed by atoms with van der Waals surface area (Å²) in [5.41, 5.74) is 0.548. The molecule has 1 unspecified atom stereocenters. The highest BCUT2D eigenvalue weighted by Crippen LogP contribution is 2.43. The zero-order valence-corrected chi connectivity index (χ0v) is 11.9. The Kier molecular flexibility index (Phi) is 4.07. The lowest BCUT2D eigenvalue weighted by Gasteiger charge is -2.55. The highest BCUT2D eigenvalue weighted by atomic mass is 16.3. The lowest BCUT2D eigenvalue weighted by Crippen LogP contribution is -2.59. The van der Waals surface area contributed by atoms with Gasteiger partial charge in [0.1, 0.15) is 0 Å². The van der Waals surface area contributed by atoms with E-state index in [0.29, 0.717) is 12.5 Å². The van der Waals surface area contributed by atoms with E-state index in [2.05, 4.69) is 46.6 Å². The van der Waals surface area contributed by atoms with Crippen molar-refractivity contribution in [1.29, 1.82) is 0 Å². The monoisotopic (exact) mass is 227 g/mol. The number of nitrogens with zero attached hydrogens (tertiary/aromatic N) is 1. The SMILES string of the molecule is CC(CCO)C1CC(C)(C)N(C)C(C)(C)C1. The first kappa shape index (κ1) is 14.0. The van der Waals surface area contributed by atoms with Crippen molar-refractivity contribution in [3.63, 3.8) is 0 Å². The first-order chi connectivity index (χ1) is 7.20. The van der Waals surface area contributed by atoms with Crippen LogP contribution in [0.25, 0.3) is 0 Å². The van der Waals surface area contributed by atoms with Gasteiger partial charge in [0.25, 0.3) is 0 Å². The van der Waals surface area contributed by atoms with Gasteiger partial charge in [0.05, 0.1) is 0 Å². The Labute approximate surface area is 101 Å². The molecule has 0 radical (unpaired) electrons. The van der Waals surface area contributed by atoms with E-state index >= 15 is 0 Å². The van der Waals surface area contributed by atoms with Crippen molar-refractivity contribution in [1.82, 2.24) is 4.90 Å². The van der Waals surface area contributed by atoms with Gasteiger partial charge in [0.2, 0.25) is 0 Å². The Bertz CT molecular complexity index is 217. The van der Waals surface area contributed by atoms with Gasteiger partial charge in [-0.15, -0.1) is 0 Å². The molecule has 1 N–H and O–H groups in total. The maximum atomic E-state index is 9.07. The third kappa shape index (κ3) is 2.78. The van der Waals surface area contributed by atoms with E-state index in [1.807, 2.05) is 0 Å². The lowest BCUT2D eigenvalue weighted by molar-refractivity contribution is -0.0444. The fourth-order valence-electron chi connectivity index (χ4n) is 3.29. The highest BCUT2D eigenvalue weighted by molar-refractivity contribution is 4.99. The van der Waals surface area contributed by atoms with Gasteiger partial charge in [-0.1, -0.05) is 6.92 Å². The minimum Gasteiger partial charge on any atom is -0.396 e. The molecule has 2 nitrogen and oxygen atoms in total. The third-order valence-corrected chi connectivity index (χ3v) is 4.73. The summed E-state index contributed by atoms with van der Waals surface area (Å²) < 4.78 is 0. The molecule has 1 atom stereocenters. The maximum absolute atomic E-state index is 9.07. The first-order valence-corrected chi connectivity index (χ1v) is 6.55. The maximum Gasteiger partial charge on any atom is 0.0433 e. The van der Waals surface area contributed by atoms with Crippen LogP contribution in [0.2, 0.25) is 0 Å². The molecule has 1 heterocycles. The average Bonchev–Trinajstić information content (AvgIpc) is 2.13. The smallest absolute Gasteiger partial charge is 0.0433 e. The fourth-order valence-corrected chi connectivity index (χ4v) is 3.29. The number of hydrogen-bond acceptors (Lipinski definition) is 2. The molecule has 0 saturated carbocycles. The lowest BCUT2D eigenvalue weighted by atomic mass is 9.69. The Hall–Kier alpha value is -0.0800. The Morgan fingerprint density at radius 2 is 1.62 bits per heavy atom. The van der Waals surface area contributed by atoms with Crippen LogP contribution in [-0.2, 0) is 0 Å². The summed E-state index contributed by atoms with van der Waals surface area (Å²) in [7, 11) is 2.24. The first-order valence-electron chi connectivity index (χ1n) is 6.55. The molecule has 0 bridgehead atoms. The topological polar surface area (TPSA) is 23.5 Å². The number of likely N-dealkylation sites (tertiary alicyclic amines) is 1. The molecule has 0 aromatic carbocycles. The van der Waals surface area contributed by atoms with Gasteiger partial charge >= 0.3 is 0 Å². The molecule has 0 aromatic rings. The third-order valence-electron chi connectivity index (χ3n) is 4.73. The molecule has 0 spiro atoms. The van der Waals surface area contributed by atoms with Crippen LogP contribution in [0.3, 0.4) is 0 Å². The number of aliphatic hydroxyl groups is 1. The zero-order chi connectivity index (χ0) is 12.6. The van der Waals surface area contributed by atoms with Crippen molar-refractivity contribution in [3.05, 3.63) is 0 Å². The summed E-state index contributed by atoms with van der Waals surface area (Å²) in [5.74, 6) is 1.38.